The standard InChI is InChI=1S/C25H27ClN2O4S/c1-28(2)25(30)19-8-12-23(13-9-19)33(31,32)22-10-6-18(7-11-22)14-15-27-17-24(29)20-4-3-5-21(26)16-20/h3-13,16,24,27,29H,14-15,17H2,1-2H3/t24-/m0/s1. The maximum absolute atomic E-state index is 12.9. The minimum Gasteiger partial charge on any atom is -0.387 e. The lowest BCUT2D eigenvalue weighted by molar-refractivity contribution is 0.0827. The molecule has 174 valence electrons. The molecule has 0 aromatic heterocycles. The van der Waals surface area contributed by atoms with E-state index in [1.807, 2.05) is 6.07 Å². The van der Waals surface area contributed by atoms with Gasteiger partial charge < -0.3 is 15.3 Å². The molecule has 0 aliphatic carbocycles. The molecule has 0 unspecified atom stereocenters. The molecule has 0 spiro atoms. The number of benzene rings is 3. The molecule has 0 bridgehead atoms. The van der Waals surface area contributed by atoms with E-state index in [0.29, 0.717) is 30.1 Å². The third-order valence-electron chi connectivity index (χ3n) is 5.21. The Morgan fingerprint density at radius 3 is 2.18 bits per heavy atom. The van der Waals surface area contributed by atoms with Gasteiger partial charge in [0, 0.05) is 31.2 Å². The molecule has 6 nitrogen and oxygen atoms in total. The van der Waals surface area contributed by atoms with Crippen molar-refractivity contribution in [3.8, 4) is 0 Å². The second-order valence-corrected chi connectivity index (χ2v) is 10.3. The Kier molecular flexibility index (Phi) is 8.26. The van der Waals surface area contributed by atoms with Gasteiger partial charge in [0.25, 0.3) is 5.91 Å². The minimum absolute atomic E-state index is 0.141. The van der Waals surface area contributed by atoms with E-state index in [1.54, 1.807) is 56.6 Å². The van der Waals surface area contributed by atoms with Gasteiger partial charge in [-0.25, -0.2) is 8.42 Å². The van der Waals surface area contributed by atoms with E-state index in [0.717, 1.165) is 11.1 Å². The van der Waals surface area contributed by atoms with Crippen molar-refractivity contribution in [3.63, 3.8) is 0 Å². The van der Waals surface area contributed by atoms with Crippen LogP contribution in [0, 0.1) is 0 Å². The van der Waals surface area contributed by atoms with Crippen molar-refractivity contribution in [1.29, 1.82) is 0 Å². The number of carbonyl (C=O) groups excluding carboxylic acids is 1. The summed E-state index contributed by atoms with van der Waals surface area (Å²) < 4.78 is 25.8. The van der Waals surface area contributed by atoms with E-state index in [2.05, 4.69) is 5.32 Å². The van der Waals surface area contributed by atoms with Crippen LogP contribution in [0.25, 0.3) is 0 Å². The average Bonchev–Trinajstić information content (AvgIpc) is 2.81. The van der Waals surface area contributed by atoms with Gasteiger partial charge in [-0.1, -0.05) is 35.9 Å². The Labute approximate surface area is 199 Å². The maximum atomic E-state index is 12.9. The summed E-state index contributed by atoms with van der Waals surface area (Å²) in [4.78, 5) is 13.8. The first-order valence-electron chi connectivity index (χ1n) is 10.5. The van der Waals surface area contributed by atoms with Crippen molar-refractivity contribution >= 4 is 27.3 Å². The molecule has 3 aromatic rings. The summed E-state index contributed by atoms with van der Waals surface area (Å²) in [6.45, 7) is 1.02. The predicted octanol–water partition coefficient (Wildman–Crippen LogP) is 3.74. The van der Waals surface area contributed by atoms with Gasteiger partial charge in [-0.3, -0.25) is 4.79 Å². The highest BCUT2D eigenvalue weighted by Crippen LogP contribution is 2.22. The number of rotatable bonds is 9. The molecule has 8 heteroatoms. The van der Waals surface area contributed by atoms with Gasteiger partial charge in [-0.05, 0) is 72.6 Å². The number of aliphatic hydroxyl groups is 1. The van der Waals surface area contributed by atoms with Crippen LogP contribution in [0.15, 0.2) is 82.6 Å². The van der Waals surface area contributed by atoms with E-state index >= 15 is 0 Å². The fourth-order valence-electron chi connectivity index (χ4n) is 3.31. The quantitative estimate of drug-likeness (QED) is 0.450. The number of nitrogens with zero attached hydrogens (tertiary/aromatic N) is 1. The van der Waals surface area contributed by atoms with Crippen LogP contribution in [0.3, 0.4) is 0 Å². The SMILES string of the molecule is CN(C)C(=O)c1ccc(S(=O)(=O)c2ccc(CCNC[C@H](O)c3cccc(Cl)c3)cc2)cc1. The molecule has 0 heterocycles. The number of aliphatic hydroxyl groups excluding tert-OH is 1. The molecule has 0 radical (unpaired) electrons. The van der Waals surface area contributed by atoms with Gasteiger partial charge in [0.1, 0.15) is 0 Å². The van der Waals surface area contributed by atoms with Crippen LogP contribution < -0.4 is 5.32 Å². The number of nitrogens with one attached hydrogen (secondary N) is 1. The van der Waals surface area contributed by atoms with Gasteiger partial charge >= 0.3 is 0 Å². The van der Waals surface area contributed by atoms with Crippen molar-refractivity contribution in [2.75, 3.05) is 27.2 Å². The molecule has 33 heavy (non-hydrogen) atoms. The zero-order valence-electron chi connectivity index (χ0n) is 18.5. The summed E-state index contributed by atoms with van der Waals surface area (Å²) in [5, 5.41) is 14.0. The Hall–Kier alpha value is -2.71. The third kappa shape index (κ3) is 6.42. The maximum Gasteiger partial charge on any atom is 0.253 e. The van der Waals surface area contributed by atoms with Crippen molar-refractivity contribution < 1.29 is 18.3 Å². The largest absolute Gasteiger partial charge is 0.387 e. The first kappa shape index (κ1) is 24.9. The summed E-state index contributed by atoms with van der Waals surface area (Å²) in [5.41, 5.74) is 2.16. The first-order valence-corrected chi connectivity index (χ1v) is 12.3. The topological polar surface area (TPSA) is 86.7 Å². The molecule has 0 aliphatic rings. The molecule has 2 N–H and O–H groups in total. The normalized spacial score (nSPS) is 12.4. The molecule has 3 rings (SSSR count). The van der Waals surface area contributed by atoms with Gasteiger partial charge in [-0.15, -0.1) is 0 Å². The fourth-order valence-corrected chi connectivity index (χ4v) is 4.77. The Morgan fingerprint density at radius 1 is 1.00 bits per heavy atom. The predicted molar refractivity (Wildman–Crippen MR) is 129 cm³/mol. The van der Waals surface area contributed by atoms with E-state index < -0.39 is 15.9 Å². The summed E-state index contributed by atoms with van der Waals surface area (Å²) in [5.74, 6) is -0.183. The zero-order valence-corrected chi connectivity index (χ0v) is 20.1. The van der Waals surface area contributed by atoms with Crippen LogP contribution in [0.1, 0.15) is 27.6 Å². The molecule has 1 amide bonds. The second-order valence-electron chi connectivity index (χ2n) is 7.90. The monoisotopic (exact) mass is 486 g/mol. The lowest BCUT2D eigenvalue weighted by Gasteiger charge is -2.13. The van der Waals surface area contributed by atoms with Crippen LogP contribution in [0.2, 0.25) is 5.02 Å². The van der Waals surface area contributed by atoms with E-state index in [4.69, 9.17) is 11.6 Å². The van der Waals surface area contributed by atoms with Crippen molar-refractivity contribution in [1.82, 2.24) is 10.2 Å². The summed E-state index contributed by atoms with van der Waals surface area (Å²) in [7, 11) is -0.385. The lowest BCUT2D eigenvalue weighted by atomic mass is 10.1. The summed E-state index contributed by atoms with van der Waals surface area (Å²) in [6, 6.07) is 19.8. The van der Waals surface area contributed by atoms with Crippen LogP contribution in [0.5, 0.6) is 0 Å². The molecule has 3 aromatic carbocycles. The molecular weight excluding hydrogens is 460 g/mol. The molecule has 0 saturated heterocycles. The van der Waals surface area contributed by atoms with Gasteiger partial charge in [-0.2, -0.15) is 0 Å². The summed E-state index contributed by atoms with van der Waals surface area (Å²) in [6.07, 6.45) is 0.0276. The van der Waals surface area contributed by atoms with Crippen LogP contribution >= 0.6 is 11.6 Å². The van der Waals surface area contributed by atoms with Crippen molar-refractivity contribution in [3.05, 3.63) is 94.5 Å². The van der Waals surface area contributed by atoms with E-state index in [-0.39, 0.29) is 15.7 Å². The average molecular weight is 487 g/mol. The highest BCUT2D eigenvalue weighted by atomic mass is 35.5. The zero-order chi connectivity index (χ0) is 24.0. The minimum atomic E-state index is -3.67. The molecular formula is C25H27ClN2O4S. The number of carbonyl (C=O) groups is 1. The number of hydrogen-bond acceptors (Lipinski definition) is 5. The molecule has 1 atom stereocenters. The van der Waals surface area contributed by atoms with Gasteiger partial charge in [0.05, 0.1) is 15.9 Å². The number of hydrogen-bond donors (Lipinski definition) is 2. The molecule has 0 aliphatic heterocycles. The lowest BCUT2D eigenvalue weighted by Crippen LogP contribution is -2.23. The van der Waals surface area contributed by atoms with Crippen molar-refractivity contribution in [2.45, 2.75) is 22.3 Å². The first-order chi connectivity index (χ1) is 15.7. The second kappa shape index (κ2) is 10.9. The highest BCUT2D eigenvalue weighted by molar-refractivity contribution is 7.91. The fraction of sp³-hybridized carbons (Fsp3) is 0.240. The van der Waals surface area contributed by atoms with Gasteiger partial charge in [0.2, 0.25) is 9.84 Å². The number of amides is 1. The van der Waals surface area contributed by atoms with Crippen molar-refractivity contribution in [2.24, 2.45) is 0 Å². The Bertz CT molecular complexity index is 1190. The summed E-state index contributed by atoms with van der Waals surface area (Å²) >= 11 is 5.96. The molecule has 0 saturated carbocycles. The van der Waals surface area contributed by atoms with Crippen LogP contribution in [0.4, 0.5) is 0 Å². The van der Waals surface area contributed by atoms with E-state index in [1.165, 1.54) is 29.2 Å². The third-order valence-corrected chi connectivity index (χ3v) is 7.23. The Morgan fingerprint density at radius 2 is 1.61 bits per heavy atom. The van der Waals surface area contributed by atoms with E-state index in [9.17, 15) is 18.3 Å². The van der Waals surface area contributed by atoms with Crippen LogP contribution in [-0.2, 0) is 16.3 Å². The van der Waals surface area contributed by atoms with Crippen LogP contribution in [-0.4, -0.2) is 51.5 Å². The smallest absolute Gasteiger partial charge is 0.253 e. The Balaban J connectivity index is 1.56. The number of halogens is 1. The number of sulfone groups is 1. The van der Waals surface area contributed by atoms with Gasteiger partial charge in [0.15, 0.2) is 0 Å². The highest BCUT2D eigenvalue weighted by Gasteiger charge is 2.18. The molecule has 0 fully saturated rings.